The Bertz CT molecular complexity index is 3020. The van der Waals surface area contributed by atoms with Gasteiger partial charge in [0.15, 0.2) is 46.0 Å². The molecule has 8 bridgehead atoms. The second-order valence-corrected chi connectivity index (χ2v) is 14.7. The van der Waals surface area contributed by atoms with Gasteiger partial charge in [-0.25, -0.2) is 20.0 Å². The van der Waals surface area contributed by atoms with E-state index in [2.05, 4.69) is 6.08 Å². The van der Waals surface area contributed by atoms with Crippen LogP contribution in [0.5, 0.6) is 46.0 Å². The first kappa shape index (κ1) is 41.2. The van der Waals surface area contributed by atoms with Crippen molar-refractivity contribution in [1.82, 2.24) is 0 Å². The van der Waals surface area contributed by atoms with Crippen LogP contribution < -0.4 is 37.9 Å². The molecule has 5 heterocycles. The van der Waals surface area contributed by atoms with Gasteiger partial charge in [-0.15, -0.1) is 0 Å². The monoisotopic (exact) mass is 852 g/mol. The van der Waals surface area contributed by atoms with Gasteiger partial charge in [0.1, 0.15) is 0 Å². The number of allylic oxidation sites excluding steroid dienone is 12. The molecular formula is C52H44N4O8. The third kappa shape index (κ3) is 7.48. The van der Waals surface area contributed by atoms with Gasteiger partial charge in [0.2, 0.25) is 0 Å². The quantitative estimate of drug-likeness (QED) is 0.138. The molecule has 0 aliphatic carbocycles. The van der Waals surface area contributed by atoms with Crippen molar-refractivity contribution in [3.8, 4) is 46.0 Å². The van der Waals surface area contributed by atoms with Crippen molar-refractivity contribution in [2.75, 3.05) is 56.9 Å². The van der Waals surface area contributed by atoms with Crippen LogP contribution in [0.15, 0.2) is 164 Å². The van der Waals surface area contributed by atoms with E-state index in [1.807, 2.05) is 115 Å². The molecule has 9 rings (SSSR count). The molecule has 320 valence electrons. The first-order chi connectivity index (χ1) is 31.3. The van der Waals surface area contributed by atoms with Crippen LogP contribution in [0, 0.1) is 0 Å². The van der Waals surface area contributed by atoms with E-state index in [9.17, 15) is 0 Å². The van der Waals surface area contributed by atoms with Crippen LogP contribution in [0.1, 0.15) is 22.3 Å². The zero-order valence-corrected chi connectivity index (χ0v) is 36.6. The van der Waals surface area contributed by atoms with Gasteiger partial charge in [0, 0.05) is 22.3 Å². The number of aliphatic imine (C=N–C) groups is 4. The summed E-state index contributed by atoms with van der Waals surface area (Å²) >= 11 is 0. The Morgan fingerprint density at radius 2 is 0.734 bits per heavy atom. The smallest absolute Gasteiger partial charge is 0.161 e. The Kier molecular flexibility index (Phi) is 11.2. The number of methoxy groups -OCH3 is 8. The van der Waals surface area contributed by atoms with Crippen molar-refractivity contribution >= 4 is 45.1 Å². The number of hydrogen-bond acceptors (Lipinski definition) is 12. The van der Waals surface area contributed by atoms with Crippen LogP contribution >= 0.6 is 0 Å². The Hall–Kier alpha value is -8.12. The van der Waals surface area contributed by atoms with E-state index in [0.717, 1.165) is 56.1 Å². The number of nitrogens with zero attached hydrogens (tertiary/aromatic N) is 4. The van der Waals surface area contributed by atoms with Gasteiger partial charge in [-0.1, -0.05) is 24.3 Å². The molecule has 0 radical (unpaired) electrons. The Balaban J connectivity index is 1.46. The van der Waals surface area contributed by atoms with Crippen molar-refractivity contribution in [1.29, 1.82) is 0 Å². The van der Waals surface area contributed by atoms with E-state index in [-0.39, 0.29) is 0 Å². The van der Waals surface area contributed by atoms with Gasteiger partial charge in [0.25, 0.3) is 0 Å². The highest BCUT2D eigenvalue weighted by atomic mass is 16.5. The summed E-state index contributed by atoms with van der Waals surface area (Å²) in [5, 5.41) is 0. The third-order valence-corrected chi connectivity index (χ3v) is 11.2. The summed E-state index contributed by atoms with van der Waals surface area (Å²) < 4.78 is 46.5. The topological polar surface area (TPSA) is 123 Å². The largest absolute Gasteiger partial charge is 0.493 e. The summed E-state index contributed by atoms with van der Waals surface area (Å²) in [7, 11) is 12.9. The molecule has 0 saturated heterocycles. The molecule has 0 saturated carbocycles. The highest BCUT2D eigenvalue weighted by molar-refractivity contribution is 6.50. The second-order valence-electron chi connectivity index (χ2n) is 14.7. The lowest BCUT2D eigenvalue weighted by atomic mass is 9.85. The zero-order valence-electron chi connectivity index (χ0n) is 36.6. The molecular weight excluding hydrogens is 809 g/mol. The fourth-order valence-corrected chi connectivity index (χ4v) is 8.18. The van der Waals surface area contributed by atoms with Crippen LogP contribution in [0.25, 0.3) is 22.3 Å². The highest BCUT2D eigenvalue weighted by Crippen LogP contribution is 2.49. The molecule has 4 aromatic carbocycles. The lowest BCUT2D eigenvalue weighted by Crippen LogP contribution is -2.08. The first-order valence-electron chi connectivity index (χ1n) is 20.3. The van der Waals surface area contributed by atoms with Gasteiger partial charge in [-0.05, 0) is 119 Å². The van der Waals surface area contributed by atoms with Crippen LogP contribution in [0.2, 0.25) is 0 Å². The maximum Gasteiger partial charge on any atom is 0.161 e. The average Bonchev–Trinajstić information content (AvgIpc) is 4.15. The summed E-state index contributed by atoms with van der Waals surface area (Å²) in [6.07, 6.45) is 15.9. The number of fused-ring (bicyclic) bond motifs is 4. The molecule has 5 aliphatic rings. The highest BCUT2D eigenvalue weighted by Gasteiger charge is 2.34. The molecule has 4 aromatic rings. The Morgan fingerprint density at radius 1 is 0.328 bits per heavy atom. The molecule has 12 nitrogen and oxygen atoms in total. The van der Waals surface area contributed by atoms with Crippen molar-refractivity contribution in [3.05, 3.63) is 166 Å². The van der Waals surface area contributed by atoms with Crippen LogP contribution in [0.4, 0.5) is 0 Å². The van der Waals surface area contributed by atoms with E-state index in [1.165, 1.54) is 0 Å². The predicted molar refractivity (Wildman–Crippen MR) is 252 cm³/mol. The lowest BCUT2D eigenvalue weighted by Gasteiger charge is -2.20. The molecule has 0 fully saturated rings. The first-order valence-corrected chi connectivity index (χ1v) is 20.3. The Labute approximate surface area is 371 Å². The molecule has 0 spiro atoms. The maximum absolute atomic E-state index is 5.95. The number of hydrogen-bond donors (Lipinski definition) is 0. The maximum atomic E-state index is 5.95. The van der Waals surface area contributed by atoms with Crippen LogP contribution in [-0.2, 0) is 0 Å². The Morgan fingerprint density at radius 3 is 1.22 bits per heavy atom. The minimum absolute atomic E-state index is 0.523. The molecule has 5 aliphatic heterocycles. The summed E-state index contributed by atoms with van der Waals surface area (Å²) in [5.74, 6) is 4.48. The van der Waals surface area contributed by atoms with Gasteiger partial charge < -0.3 is 37.9 Å². The van der Waals surface area contributed by atoms with Crippen molar-refractivity contribution in [2.24, 2.45) is 20.0 Å². The zero-order chi connectivity index (χ0) is 44.5. The summed E-state index contributed by atoms with van der Waals surface area (Å²) in [6, 6.07) is 23.4. The number of benzene rings is 4. The molecule has 0 atom stereocenters. The standard InChI is InChI=1S/C52H44N4O8/c1-57-40-17-9-29(21-44(40)61-5)38-27-37-26-35-14-13-33(53-35)25-34-15-16-36(54-34)28-39-48(30-10-18-41(58-2)45(22-30)62-6)49(31-11-19-42(59-3)46(23-31)63-7)52(56-39)50(51(38)55-37)32-12-20-43(60-4)47(24-32)64-8/h9-28H,1-8H3. The number of rotatable bonds is 12. The van der Waals surface area contributed by atoms with Crippen molar-refractivity contribution in [3.63, 3.8) is 0 Å². The predicted octanol–water partition coefficient (Wildman–Crippen LogP) is 9.76. The van der Waals surface area contributed by atoms with Gasteiger partial charge in [-0.2, -0.15) is 0 Å². The molecule has 0 unspecified atom stereocenters. The van der Waals surface area contributed by atoms with E-state index in [4.69, 9.17) is 57.9 Å². The molecule has 0 amide bonds. The number of ether oxygens (including phenoxy) is 8. The van der Waals surface area contributed by atoms with Crippen molar-refractivity contribution < 1.29 is 37.9 Å². The second kappa shape index (κ2) is 17.3. The van der Waals surface area contributed by atoms with E-state index < -0.39 is 0 Å². The fourth-order valence-electron chi connectivity index (χ4n) is 8.18. The summed E-state index contributed by atoms with van der Waals surface area (Å²) in [5.41, 5.74) is 11.8. The van der Waals surface area contributed by atoms with E-state index in [0.29, 0.717) is 80.1 Å². The molecule has 0 N–H and O–H groups in total. The van der Waals surface area contributed by atoms with Gasteiger partial charge >= 0.3 is 0 Å². The third-order valence-electron chi connectivity index (χ3n) is 11.2. The average molecular weight is 853 g/mol. The molecule has 0 aromatic heterocycles. The molecule has 12 heteroatoms. The minimum atomic E-state index is 0.523. The SMILES string of the molecule is COc1ccc(C2=CC3=CC4=NC(=CC5=NC(=CC6=NC(=C(c7ccc(OC)c(OC)c7)C2=N3)C(c2ccc(OC)c(OC)c2)=C6c2ccc(OC)c(OC)c2)C=C5)C=C4)cc1OC. The summed E-state index contributed by atoms with van der Waals surface area (Å²) in [4.78, 5) is 21.1. The van der Waals surface area contributed by atoms with E-state index >= 15 is 0 Å². The lowest BCUT2D eigenvalue weighted by molar-refractivity contribution is 0.355. The minimum Gasteiger partial charge on any atom is -0.493 e. The molecule has 64 heavy (non-hydrogen) atoms. The normalized spacial score (nSPS) is 16.0. The van der Waals surface area contributed by atoms with Crippen LogP contribution in [-0.4, -0.2) is 79.7 Å². The van der Waals surface area contributed by atoms with Crippen molar-refractivity contribution in [2.45, 2.75) is 0 Å². The van der Waals surface area contributed by atoms with Gasteiger partial charge in [-0.3, -0.25) is 0 Å². The van der Waals surface area contributed by atoms with E-state index in [1.54, 1.807) is 56.9 Å². The fraction of sp³-hybridized carbons (Fsp3) is 0.154. The summed E-state index contributed by atoms with van der Waals surface area (Å²) in [6.45, 7) is 0. The van der Waals surface area contributed by atoms with Crippen LogP contribution in [0.3, 0.4) is 0 Å². The van der Waals surface area contributed by atoms with Gasteiger partial charge in [0.05, 0.1) is 103 Å².